The first-order valence-electron chi connectivity index (χ1n) is 6.92. The lowest BCUT2D eigenvalue weighted by atomic mass is 9.93. The molecule has 1 aromatic carbocycles. The molecule has 0 aliphatic carbocycles. The predicted molar refractivity (Wildman–Crippen MR) is 84.9 cm³/mol. The van der Waals surface area contributed by atoms with Crippen molar-refractivity contribution in [2.75, 3.05) is 32.1 Å². The fraction of sp³-hybridized carbons (Fsp3) is 0.500. The summed E-state index contributed by atoms with van der Waals surface area (Å²) in [5, 5.41) is 2.84. The molecule has 0 aliphatic rings. The zero-order valence-electron chi connectivity index (χ0n) is 13.3. The number of nitrogens with two attached hydrogens (primary N) is 1. The second kappa shape index (κ2) is 7.71. The molecule has 0 saturated carbocycles. The second-order valence-corrected chi connectivity index (χ2v) is 7.37. The smallest absolute Gasteiger partial charge is 0.242 e. The topological polar surface area (TPSA) is 111 Å². The van der Waals surface area contributed by atoms with Crippen molar-refractivity contribution >= 4 is 21.6 Å². The summed E-state index contributed by atoms with van der Waals surface area (Å²) in [6.07, 6.45) is 0. The van der Waals surface area contributed by atoms with Crippen molar-refractivity contribution in [2.24, 2.45) is 11.1 Å². The van der Waals surface area contributed by atoms with E-state index in [1.807, 2.05) is 0 Å². The fourth-order valence-corrected chi connectivity index (χ4v) is 2.83. The molecular formula is C14H22FN3O4S. The van der Waals surface area contributed by atoms with Crippen molar-refractivity contribution < 1.29 is 22.3 Å². The number of carbonyl (C=O) groups excluding carboxylic acids is 1. The Morgan fingerprint density at radius 2 is 2.04 bits per heavy atom. The van der Waals surface area contributed by atoms with Crippen LogP contribution in [0, 0.1) is 11.2 Å². The van der Waals surface area contributed by atoms with E-state index < -0.39 is 27.2 Å². The Hall–Kier alpha value is -1.71. The number of rotatable bonds is 9. The van der Waals surface area contributed by atoms with Gasteiger partial charge >= 0.3 is 0 Å². The van der Waals surface area contributed by atoms with Gasteiger partial charge < -0.3 is 15.8 Å². The Balaban J connectivity index is 3.04. The lowest BCUT2D eigenvalue weighted by Crippen LogP contribution is -2.37. The summed E-state index contributed by atoms with van der Waals surface area (Å²) in [4.78, 5) is 11.1. The van der Waals surface area contributed by atoms with Crippen LogP contribution < -0.4 is 15.8 Å². The Bertz CT molecular complexity index is 662. The molecule has 0 spiro atoms. The first-order valence-corrected chi connectivity index (χ1v) is 8.40. The zero-order valence-corrected chi connectivity index (χ0v) is 14.2. The third kappa shape index (κ3) is 5.45. The number of methoxy groups -OCH3 is 1. The number of amides is 1. The van der Waals surface area contributed by atoms with Crippen LogP contribution in [0.2, 0.25) is 0 Å². The molecule has 1 aromatic rings. The maximum absolute atomic E-state index is 13.4. The van der Waals surface area contributed by atoms with Gasteiger partial charge in [-0.1, -0.05) is 0 Å². The highest BCUT2D eigenvalue weighted by atomic mass is 32.2. The van der Waals surface area contributed by atoms with E-state index in [0.717, 1.165) is 12.1 Å². The van der Waals surface area contributed by atoms with Gasteiger partial charge in [0.15, 0.2) is 0 Å². The van der Waals surface area contributed by atoms with E-state index in [2.05, 4.69) is 10.0 Å². The monoisotopic (exact) mass is 347 g/mol. The van der Waals surface area contributed by atoms with Crippen LogP contribution in [0.3, 0.4) is 0 Å². The normalized spacial score (nSPS) is 12.2. The number of halogens is 1. The highest BCUT2D eigenvalue weighted by Gasteiger charge is 2.26. The lowest BCUT2D eigenvalue weighted by molar-refractivity contribution is -0.125. The standard InChI is InChI=1S/C14H22FN3O4S/c1-14(2,13(16)19)9-17-11-5-4-10(15)8-12(11)23(20,21)18-6-7-22-3/h4-5,8,17-18H,6-7,9H2,1-3H3,(H2,16,19). The molecule has 4 N–H and O–H groups in total. The average molecular weight is 347 g/mol. The van der Waals surface area contributed by atoms with E-state index in [-0.39, 0.29) is 30.3 Å². The summed E-state index contributed by atoms with van der Waals surface area (Å²) < 4.78 is 45.1. The molecule has 9 heteroatoms. The summed E-state index contributed by atoms with van der Waals surface area (Å²) in [5.41, 5.74) is 4.58. The quantitative estimate of drug-likeness (QED) is 0.569. The van der Waals surface area contributed by atoms with Gasteiger partial charge in [0.25, 0.3) is 0 Å². The van der Waals surface area contributed by atoms with Crippen LogP contribution in [0.15, 0.2) is 23.1 Å². The molecule has 0 saturated heterocycles. The first kappa shape index (κ1) is 19.3. The molecule has 0 aromatic heterocycles. The highest BCUT2D eigenvalue weighted by molar-refractivity contribution is 7.89. The minimum Gasteiger partial charge on any atom is -0.383 e. The van der Waals surface area contributed by atoms with E-state index in [1.165, 1.54) is 13.2 Å². The van der Waals surface area contributed by atoms with Gasteiger partial charge in [-0.2, -0.15) is 0 Å². The van der Waals surface area contributed by atoms with Crippen LogP contribution in [-0.2, 0) is 19.6 Å². The van der Waals surface area contributed by atoms with Crippen molar-refractivity contribution in [2.45, 2.75) is 18.7 Å². The number of sulfonamides is 1. The van der Waals surface area contributed by atoms with Crippen molar-refractivity contribution in [1.82, 2.24) is 4.72 Å². The van der Waals surface area contributed by atoms with Gasteiger partial charge in [0.05, 0.1) is 17.7 Å². The maximum atomic E-state index is 13.4. The second-order valence-electron chi connectivity index (χ2n) is 5.63. The van der Waals surface area contributed by atoms with E-state index in [0.29, 0.717) is 0 Å². The van der Waals surface area contributed by atoms with Crippen LogP contribution in [0.25, 0.3) is 0 Å². The number of hydrogen-bond donors (Lipinski definition) is 3. The summed E-state index contributed by atoms with van der Waals surface area (Å²) in [6, 6.07) is 3.35. The molecule has 1 amide bonds. The predicted octanol–water partition coefficient (Wildman–Crippen LogP) is 0.674. The molecular weight excluding hydrogens is 325 g/mol. The molecule has 23 heavy (non-hydrogen) atoms. The summed E-state index contributed by atoms with van der Waals surface area (Å²) in [6.45, 7) is 3.59. The number of primary amides is 1. The van der Waals surface area contributed by atoms with Crippen molar-refractivity contribution in [3.63, 3.8) is 0 Å². The summed E-state index contributed by atoms with van der Waals surface area (Å²) in [5.74, 6) is -1.22. The Kier molecular flexibility index (Phi) is 6.48. The largest absolute Gasteiger partial charge is 0.383 e. The number of benzene rings is 1. The molecule has 7 nitrogen and oxygen atoms in total. The van der Waals surface area contributed by atoms with E-state index >= 15 is 0 Å². The molecule has 1 rings (SSSR count). The minimum absolute atomic E-state index is 0.0571. The van der Waals surface area contributed by atoms with Gasteiger partial charge in [0.1, 0.15) is 10.7 Å². The molecule has 0 radical (unpaired) electrons. The summed E-state index contributed by atoms with van der Waals surface area (Å²) in [7, 11) is -2.48. The van der Waals surface area contributed by atoms with Gasteiger partial charge in [-0.3, -0.25) is 4.79 Å². The third-order valence-electron chi connectivity index (χ3n) is 3.22. The zero-order chi connectivity index (χ0) is 17.7. The lowest BCUT2D eigenvalue weighted by Gasteiger charge is -2.22. The Morgan fingerprint density at radius 1 is 1.39 bits per heavy atom. The van der Waals surface area contributed by atoms with Crippen LogP contribution in [0.1, 0.15) is 13.8 Å². The van der Waals surface area contributed by atoms with Gasteiger partial charge in [-0.25, -0.2) is 17.5 Å². The first-order chi connectivity index (χ1) is 10.6. The number of anilines is 1. The third-order valence-corrected chi connectivity index (χ3v) is 4.72. The fourth-order valence-electron chi connectivity index (χ4n) is 1.62. The molecule has 0 fully saturated rings. The molecule has 0 aliphatic heterocycles. The number of hydrogen-bond acceptors (Lipinski definition) is 5. The van der Waals surface area contributed by atoms with E-state index in [9.17, 15) is 17.6 Å². The van der Waals surface area contributed by atoms with Crippen LogP contribution >= 0.6 is 0 Å². The summed E-state index contributed by atoms with van der Waals surface area (Å²) >= 11 is 0. The van der Waals surface area contributed by atoms with Crippen LogP contribution in [-0.4, -0.2) is 41.1 Å². The molecule has 0 atom stereocenters. The number of carbonyl (C=O) groups is 1. The average Bonchev–Trinajstić information content (AvgIpc) is 2.46. The van der Waals surface area contributed by atoms with Crippen molar-refractivity contribution in [3.05, 3.63) is 24.0 Å². The van der Waals surface area contributed by atoms with Crippen molar-refractivity contribution in [1.29, 1.82) is 0 Å². The van der Waals surface area contributed by atoms with E-state index in [1.54, 1.807) is 13.8 Å². The molecule has 0 bridgehead atoms. The van der Waals surface area contributed by atoms with Gasteiger partial charge in [0.2, 0.25) is 15.9 Å². The van der Waals surface area contributed by atoms with Gasteiger partial charge in [-0.05, 0) is 32.0 Å². The number of ether oxygens (including phenoxy) is 1. The Morgan fingerprint density at radius 3 is 2.61 bits per heavy atom. The van der Waals surface area contributed by atoms with Crippen LogP contribution in [0.4, 0.5) is 10.1 Å². The number of nitrogens with one attached hydrogen (secondary N) is 2. The van der Waals surface area contributed by atoms with Gasteiger partial charge in [0, 0.05) is 20.2 Å². The molecule has 130 valence electrons. The molecule has 0 unspecified atom stereocenters. The van der Waals surface area contributed by atoms with Crippen molar-refractivity contribution in [3.8, 4) is 0 Å². The maximum Gasteiger partial charge on any atom is 0.242 e. The highest BCUT2D eigenvalue weighted by Crippen LogP contribution is 2.24. The SMILES string of the molecule is COCCNS(=O)(=O)c1cc(F)ccc1NCC(C)(C)C(N)=O. The van der Waals surface area contributed by atoms with Crippen LogP contribution in [0.5, 0.6) is 0 Å². The van der Waals surface area contributed by atoms with E-state index in [4.69, 9.17) is 10.5 Å². The Labute approximate surface area is 135 Å². The molecule has 0 heterocycles. The van der Waals surface area contributed by atoms with Gasteiger partial charge in [-0.15, -0.1) is 0 Å². The minimum atomic E-state index is -3.92.